The molecule has 1 saturated carbocycles. The highest BCUT2D eigenvalue weighted by atomic mass is 16.4. The fourth-order valence-corrected chi connectivity index (χ4v) is 3.77. The first-order valence-electron chi connectivity index (χ1n) is 7.97. The molecule has 0 heterocycles. The Labute approximate surface area is 139 Å². The SMILES string of the molecule is CC(=O)Nc1cc(NC(=O)[C@H]2[C@H](C(=O)O)[C@H]3C=C[C@H]2C3)ccc1C. The molecular weight excluding hydrogens is 308 g/mol. The Morgan fingerprint density at radius 3 is 2.38 bits per heavy atom. The molecule has 126 valence electrons. The summed E-state index contributed by atoms with van der Waals surface area (Å²) in [7, 11) is 0. The molecule has 6 heteroatoms. The molecule has 2 amide bonds. The molecule has 1 aromatic carbocycles. The average molecular weight is 328 g/mol. The zero-order valence-electron chi connectivity index (χ0n) is 13.6. The molecule has 0 saturated heterocycles. The largest absolute Gasteiger partial charge is 0.481 e. The van der Waals surface area contributed by atoms with Crippen LogP contribution in [0.15, 0.2) is 30.4 Å². The molecule has 3 rings (SSSR count). The van der Waals surface area contributed by atoms with Crippen LogP contribution in [0.5, 0.6) is 0 Å². The molecule has 0 unspecified atom stereocenters. The Balaban J connectivity index is 1.79. The van der Waals surface area contributed by atoms with Crippen LogP contribution in [0, 0.1) is 30.6 Å². The van der Waals surface area contributed by atoms with Crippen LogP contribution in [-0.4, -0.2) is 22.9 Å². The van der Waals surface area contributed by atoms with Gasteiger partial charge in [0.25, 0.3) is 0 Å². The van der Waals surface area contributed by atoms with E-state index in [9.17, 15) is 19.5 Å². The fraction of sp³-hybridized carbons (Fsp3) is 0.389. The molecule has 6 nitrogen and oxygen atoms in total. The van der Waals surface area contributed by atoms with E-state index in [2.05, 4.69) is 10.6 Å². The van der Waals surface area contributed by atoms with Crippen molar-refractivity contribution in [3.05, 3.63) is 35.9 Å². The maximum absolute atomic E-state index is 12.6. The second-order valence-corrected chi connectivity index (χ2v) is 6.54. The van der Waals surface area contributed by atoms with Crippen molar-refractivity contribution in [2.24, 2.45) is 23.7 Å². The van der Waals surface area contributed by atoms with E-state index < -0.39 is 17.8 Å². The number of allylic oxidation sites excluding steroid dienone is 2. The van der Waals surface area contributed by atoms with E-state index in [1.54, 1.807) is 18.2 Å². The van der Waals surface area contributed by atoms with E-state index in [0.29, 0.717) is 11.4 Å². The number of hydrogen-bond acceptors (Lipinski definition) is 3. The van der Waals surface area contributed by atoms with Crippen molar-refractivity contribution in [1.82, 2.24) is 0 Å². The fourth-order valence-electron chi connectivity index (χ4n) is 3.77. The minimum Gasteiger partial charge on any atom is -0.481 e. The summed E-state index contributed by atoms with van der Waals surface area (Å²) < 4.78 is 0. The highest BCUT2D eigenvalue weighted by molar-refractivity contribution is 5.97. The Hall–Kier alpha value is -2.63. The van der Waals surface area contributed by atoms with Gasteiger partial charge in [0.15, 0.2) is 0 Å². The second-order valence-electron chi connectivity index (χ2n) is 6.54. The van der Waals surface area contributed by atoms with Gasteiger partial charge in [0.2, 0.25) is 11.8 Å². The van der Waals surface area contributed by atoms with Crippen molar-refractivity contribution in [2.45, 2.75) is 20.3 Å². The lowest BCUT2D eigenvalue weighted by atomic mass is 9.82. The van der Waals surface area contributed by atoms with Crippen LogP contribution in [0.3, 0.4) is 0 Å². The van der Waals surface area contributed by atoms with Gasteiger partial charge in [-0.2, -0.15) is 0 Å². The normalized spacial score (nSPS) is 27.1. The first-order chi connectivity index (χ1) is 11.4. The molecule has 0 aliphatic heterocycles. The summed E-state index contributed by atoms with van der Waals surface area (Å²) in [5.41, 5.74) is 2.06. The predicted molar refractivity (Wildman–Crippen MR) is 89.5 cm³/mol. The van der Waals surface area contributed by atoms with E-state index >= 15 is 0 Å². The topological polar surface area (TPSA) is 95.5 Å². The van der Waals surface area contributed by atoms with E-state index in [1.807, 2.05) is 19.1 Å². The number of anilines is 2. The maximum Gasteiger partial charge on any atom is 0.307 e. The monoisotopic (exact) mass is 328 g/mol. The molecule has 4 atom stereocenters. The molecule has 1 aromatic rings. The number of carboxylic acids is 1. The van der Waals surface area contributed by atoms with Gasteiger partial charge in [-0.15, -0.1) is 0 Å². The summed E-state index contributed by atoms with van der Waals surface area (Å²) in [5.74, 6) is -2.69. The molecule has 0 spiro atoms. The number of fused-ring (bicyclic) bond motifs is 2. The number of carbonyl (C=O) groups excluding carboxylic acids is 2. The first-order valence-corrected chi connectivity index (χ1v) is 7.97. The van der Waals surface area contributed by atoms with Crippen LogP contribution in [-0.2, 0) is 14.4 Å². The summed E-state index contributed by atoms with van der Waals surface area (Å²) >= 11 is 0. The molecule has 24 heavy (non-hydrogen) atoms. The smallest absolute Gasteiger partial charge is 0.307 e. The third-order valence-corrected chi connectivity index (χ3v) is 4.86. The number of rotatable bonds is 4. The molecule has 2 bridgehead atoms. The van der Waals surface area contributed by atoms with Gasteiger partial charge in [-0.25, -0.2) is 0 Å². The van der Waals surface area contributed by atoms with Crippen molar-refractivity contribution < 1.29 is 19.5 Å². The summed E-state index contributed by atoms with van der Waals surface area (Å²) in [4.78, 5) is 35.4. The first kappa shape index (κ1) is 16.2. The van der Waals surface area contributed by atoms with Crippen molar-refractivity contribution >= 4 is 29.2 Å². The van der Waals surface area contributed by atoms with Crippen LogP contribution < -0.4 is 10.6 Å². The van der Waals surface area contributed by atoms with Crippen molar-refractivity contribution in [3.8, 4) is 0 Å². The number of amides is 2. The quantitative estimate of drug-likeness (QED) is 0.740. The van der Waals surface area contributed by atoms with Crippen LogP contribution >= 0.6 is 0 Å². The number of aliphatic carboxylic acids is 1. The average Bonchev–Trinajstić information content (AvgIpc) is 3.10. The predicted octanol–water partition coefficient (Wildman–Crippen LogP) is 2.41. The summed E-state index contributed by atoms with van der Waals surface area (Å²) in [5, 5.41) is 15.0. The third kappa shape index (κ3) is 2.91. The van der Waals surface area contributed by atoms with Crippen LogP contribution in [0.25, 0.3) is 0 Å². The lowest BCUT2D eigenvalue weighted by molar-refractivity contribution is -0.146. The van der Waals surface area contributed by atoms with Crippen LogP contribution in [0.2, 0.25) is 0 Å². The van der Waals surface area contributed by atoms with Crippen molar-refractivity contribution in [1.29, 1.82) is 0 Å². The van der Waals surface area contributed by atoms with Crippen LogP contribution in [0.4, 0.5) is 11.4 Å². The zero-order valence-corrected chi connectivity index (χ0v) is 13.6. The lowest BCUT2D eigenvalue weighted by Gasteiger charge is -2.24. The highest BCUT2D eigenvalue weighted by Crippen LogP contribution is 2.48. The number of hydrogen-bond donors (Lipinski definition) is 3. The molecule has 0 aromatic heterocycles. The van der Waals surface area contributed by atoms with Gasteiger partial charge in [-0.3, -0.25) is 14.4 Å². The molecule has 0 radical (unpaired) electrons. The Morgan fingerprint density at radius 2 is 1.75 bits per heavy atom. The van der Waals surface area contributed by atoms with Gasteiger partial charge < -0.3 is 15.7 Å². The van der Waals surface area contributed by atoms with E-state index in [1.165, 1.54) is 6.92 Å². The maximum atomic E-state index is 12.6. The Bertz CT molecular complexity index is 741. The summed E-state index contributed by atoms with van der Waals surface area (Å²) in [6, 6.07) is 5.24. The van der Waals surface area contributed by atoms with Gasteiger partial charge in [-0.05, 0) is 42.9 Å². The van der Waals surface area contributed by atoms with E-state index in [-0.39, 0.29) is 23.7 Å². The van der Waals surface area contributed by atoms with Gasteiger partial charge in [0.1, 0.15) is 0 Å². The van der Waals surface area contributed by atoms with Gasteiger partial charge in [-0.1, -0.05) is 18.2 Å². The van der Waals surface area contributed by atoms with Gasteiger partial charge in [0, 0.05) is 18.3 Å². The minimum absolute atomic E-state index is 0.0173. The number of nitrogens with one attached hydrogen (secondary N) is 2. The zero-order chi connectivity index (χ0) is 17.4. The number of carboxylic acid groups (broad SMARTS) is 1. The van der Waals surface area contributed by atoms with Gasteiger partial charge >= 0.3 is 5.97 Å². The summed E-state index contributed by atoms with van der Waals surface area (Å²) in [6.45, 7) is 3.28. The second kappa shape index (κ2) is 6.11. The molecule has 1 fully saturated rings. The number of aryl methyl sites for hydroxylation is 1. The molecule has 2 aliphatic rings. The van der Waals surface area contributed by atoms with Crippen LogP contribution in [0.1, 0.15) is 18.9 Å². The third-order valence-electron chi connectivity index (χ3n) is 4.86. The minimum atomic E-state index is -0.921. The van der Waals surface area contributed by atoms with Crippen molar-refractivity contribution in [2.75, 3.05) is 10.6 Å². The van der Waals surface area contributed by atoms with Crippen molar-refractivity contribution in [3.63, 3.8) is 0 Å². The summed E-state index contributed by atoms with van der Waals surface area (Å²) in [6.07, 6.45) is 4.58. The Morgan fingerprint density at radius 1 is 1.08 bits per heavy atom. The number of benzene rings is 1. The van der Waals surface area contributed by atoms with E-state index in [0.717, 1.165) is 12.0 Å². The lowest BCUT2D eigenvalue weighted by Crippen LogP contribution is -2.36. The molecular formula is C18H20N2O4. The number of carbonyl (C=O) groups is 3. The molecule has 2 aliphatic carbocycles. The van der Waals surface area contributed by atoms with Gasteiger partial charge in [0.05, 0.1) is 11.8 Å². The standard InChI is InChI=1S/C18H20N2O4/c1-9-3-6-13(8-14(9)19-10(2)21)20-17(22)15-11-4-5-12(7-11)16(15)18(23)24/h3-6,8,11-12,15-16H,7H2,1-2H3,(H,19,21)(H,20,22)(H,23,24)/t11-,12-,15+,16+/m0/s1. The van der Waals surface area contributed by atoms with E-state index in [4.69, 9.17) is 0 Å². The molecule has 3 N–H and O–H groups in total. The Kier molecular flexibility index (Phi) is 4.13. The highest BCUT2D eigenvalue weighted by Gasteiger charge is 2.51.